The van der Waals surface area contributed by atoms with Crippen LogP contribution in [-0.4, -0.2) is 34.0 Å². The molecule has 1 aliphatic rings. The van der Waals surface area contributed by atoms with Crippen LogP contribution in [0.3, 0.4) is 0 Å². The van der Waals surface area contributed by atoms with Gasteiger partial charge in [-0.3, -0.25) is 14.5 Å². The van der Waals surface area contributed by atoms with Crippen LogP contribution >= 0.6 is 0 Å². The molecule has 14 heavy (non-hydrogen) atoms. The zero-order chi connectivity index (χ0) is 10.9. The van der Waals surface area contributed by atoms with E-state index < -0.39 is 5.60 Å². The highest BCUT2D eigenvalue weighted by atomic mass is 16.3. The maximum Gasteiger partial charge on any atom is 0.253 e. The van der Waals surface area contributed by atoms with Crippen LogP contribution in [-0.2, 0) is 9.59 Å². The molecule has 4 heteroatoms. The highest BCUT2D eigenvalue weighted by Gasteiger charge is 2.33. The molecule has 1 N–H and O–H groups in total. The third kappa shape index (κ3) is 2.01. The topological polar surface area (TPSA) is 57.6 Å². The molecule has 1 atom stereocenters. The summed E-state index contributed by atoms with van der Waals surface area (Å²) >= 11 is 0. The van der Waals surface area contributed by atoms with Gasteiger partial charge in [0.2, 0.25) is 0 Å². The monoisotopic (exact) mass is 197 g/mol. The van der Waals surface area contributed by atoms with E-state index in [0.717, 1.165) is 4.90 Å². The molecule has 0 saturated heterocycles. The first-order valence-electron chi connectivity index (χ1n) is 4.60. The first-order valence-corrected chi connectivity index (χ1v) is 4.60. The Bertz CT molecular complexity index is 274. The largest absolute Gasteiger partial charge is 0.388 e. The summed E-state index contributed by atoms with van der Waals surface area (Å²) in [5.41, 5.74) is -1.03. The summed E-state index contributed by atoms with van der Waals surface area (Å²) < 4.78 is 0. The second kappa shape index (κ2) is 3.53. The number of carbonyl (C=O) groups is 2. The molecule has 78 valence electrons. The van der Waals surface area contributed by atoms with Gasteiger partial charge in [0.15, 0.2) is 0 Å². The Morgan fingerprint density at radius 3 is 2.14 bits per heavy atom. The van der Waals surface area contributed by atoms with E-state index in [4.69, 9.17) is 0 Å². The third-order valence-electron chi connectivity index (χ3n) is 2.62. The summed E-state index contributed by atoms with van der Waals surface area (Å²) in [4.78, 5) is 23.4. The Balaban J connectivity index is 2.70. The number of nitrogens with zero attached hydrogens (tertiary/aromatic N) is 1. The van der Waals surface area contributed by atoms with Crippen molar-refractivity contribution in [1.82, 2.24) is 4.90 Å². The van der Waals surface area contributed by atoms with Crippen LogP contribution in [0.25, 0.3) is 0 Å². The Morgan fingerprint density at radius 2 is 1.79 bits per heavy atom. The standard InChI is InChI=1S/C10H15NO3/c1-7(2)10(3,14)6-11-8(12)4-5-9(11)13/h4-5,7,14H,6H2,1-3H3. The maximum atomic E-state index is 11.2. The lowest BCUT2D eigenvalue weighted by Crippen LogP contribution is -2.46. The van der Waals surface area contributed by atoms with Crippen molar-refractivity contribution in [3.05, 3.63) is 12.2 Å². The van der Waals surface area contributed by atoms with E-state index >= 15 is 0 Å². The Kier molecular flexibility index (Phi) is 2.76. The molecule has 1 unspecified atom stereocenters. The second-order valence-electron chi connectivity index (χ2n) is 4.11. The normalized spacial score (nSPS) is 20.8. The van der Waals surface area contributed by atoms with E-state index in [2.05, 4.69) is 0 Å². The van der Waals surface area contributed by atoms with Gasteiger partial charge in [0.25, 0.3) is 11.8 Å². The lowest BCUT2D eigenvalue weighted by atomic mass is 9.92. The molecule has 0 saturated carbocycles. The van der Waals surface area contributed by atoms with Gasteiger partial charge in [0.05, 0.1) is 12.1 Å². The molecule has 0 fully saturated rings. The molecule has 1 aliphatic heterocycles. The Labute approximate surface area is 83.2 Å². The number of carbonyl (C=O) groups excluding carboxylic acids is 2. The van der Waals surface area contributed by atoms with Crippen molar-refractivity contribution in [3.8, 4) is 0 Å². The molecule has 0 aromatic carbocycles. The smallest absolute Gasteiger partial charge is 0.253 e. The molecular formula is C10H15NO3. The van der Waals surface area contributed by atoms with Gasteiger partial charge in [0, 0.05) is 12.2 Å². The summed E-state index contributed by atoms with van der Waals surface area (Å²) in [6.07, 6.45) is 2.44. The molecule has 0 bridgehead atoms. The Hall–Kier alpha value is -1.16. The first kappa shape index (κ1) is 10.9. The van der Waals surface area contributed by atoms with Crippen LogP contribution in [0.4, 0.5) is 0 Å². The van der Waals surface area contributed by atoms with Gasteiger partial charge in [-0.15, -0.1) is 0 Å². The number of amides is 2. The van der Waals surface area contributed by atoms with Gasteiger partial charge in [0.1, 0.15) is 0 Å². The maximum absolute atomic E-state index is 11.2. The molecule has 0 radical (unpaired) electrons. The Morgan fingerprint density at radius 1 is 1.36 bits per heavy atom. The van der Waals surface area contributed by atoms with Gasteiger partial charge in [-0.05, 0) is 12.8 Å². The fraction of sp³-hybridized carbons (Fsp3) is 0.600. The van der Waals surface area contributed by atoms with Gasteiger partial charge >= 0.3 is 0 Å². The molecule has 0 aliphatic carbocycles. The van der Waals surface area contributed by atoms with Crippen LogP contribution in [0.15, 0.2) is 12.2 Å². The van der Waals surface area contributed by atoms with E-state index in [-0.39, 0.29) is 24.3 Å². The SMILES string of the molecule is CC(C)C(C)(O)CN1C(=O)C=CC1=O. The van der Waals surface area contributed by atoms with E-state index in [0.29, 0.717) is 0 Å². The summed E-state index contributed by atoms with van der Waals surface area (Å²) in [6.45, 7) is 5.36. The van der Waals surface area contributed by atoms with Crippen molar-refractivity contribution >= 4 is 11.8 Å². The molecule has 0 aromatic rings. The number of rotatable bonds is 3. The van der Waals surface area contributed by atoms with Crippen molar-refractivity contribution in [2.75, 3.05) is 6.54 Å². The highest BCUT2D eigenvalue weighted by Crippen LogP contribution is 2.19. The van der Waals surface area contributed by atoms with Gasteiger partial charge in [-0.25, -0.2) is 0 Å². The van der Waals surface area contributed by atoms with Crippen LogP contribution in [0.2, 0.25) is 0 Å². The van der Waals surface area contributed by atoms with Gasteiger partial charge in [-0.1, -0.05) is 13.8 Å². The number of β-amino-alcohol motifs (C(OH)–C–C–N with tert-alkyl or cyclic N) is 1. The molecule has 2 amide bonds. The number of hydrogen-bond donors (Lipinski definition) is 1. The van der Waals surface area contributed by atoms with E-state index in [9.17, 15) is 14.7 Å². The van der Waals surface area contributed by atoms with Crippen LogP contribution in [0.5, 0.6) is 0 Å². The minimum Gasteiger partial charge on any atom is -0.388 e. The van der Waals surface area contributed by atoms with Crippen molar-refractivity contribution in [2.45, 2.75) is 26.4 Å². The fourth-order valence-corrected chi connectivity index (χ4v) is 1.09. The summed E-state index contributed by atoms with van der Waals surface area (Å²) in [5, 5.41) is 9.91. The molecule has 4 nitrogen and oxygen atoms in total. The molecule has 1 heterocycles. The van der Waals surface area contributed by atoms with Crippen LogP contribution in [0, 0.1) is 5.92 Å². The number of aliphatic hydroxyl groups is 1. The average molecular weight is 197 g/mol. The van der Waals surface area contributed by atoms with Crippen molar-refractivity contribution in [1.29, 1.82) is 0 Å². The zero-order valence-corrected chi connectivity index (χ0v) is 8.65. The van der Waals surface area contributed by atoms with Crippen LogP contribution in [0.1, 0.15) is 20.8 Å². The quantitative estimate of drug-likeness (QED) is 0.663. The fourth-order valence-electron chi connectivity index (χ4n) is 1.09. The zero-order valence-electron chi connectivity index (χ0n) is 8.65. The average Bonchev–Trinajstić information content (AvgIpc) is 2.35. The number of hydrogen-bond acceptors (Lipinski definition) is 3. The summed E-state index contributed by atoms with van der Waals surface area (Å²) in [6, 6.07) is 0. The van der Waals surface area contributed by atoms with E-state index in [1.807, 2.05) is 13.8 Å². The first-order chi connectivity index (χ1) is 6.34. The minimum atomic E-state index is -1.03. The molecule has 0 spiro atoms. The predicted octanol–water partition coefficient (Wildman–Crippen LogP) is 0.318. The van der Waals surface area contributed by atoms with Crippen molar-refractivity contribution in [2.24, 2.45) is 5.92 Å². The summed E-state index contributed by atoms with van der Waals surface area (Å²) in [5.74, 6) is -0.712. The van der Waals surface area contributed by atoms with E-state index in [1.54, 1.807) is 6.92 Å². The molecule has 1 rings (SSSR count). The van der Waals surface area contributed by atoms with Gasteiger partial charge < -0.3 is 5.11 Å². The number of imide groups is 1. The van der Waals surface area contributed by atoms with E-state index in [1.165, 1.54) is 12.2 Å². The predicted molar refractivity (Wildman–Crippen MR) is 51.3 cm³/mol. The van der Waals surface area contributed by atoms with Crippen molar-refractivity contribution < 1.29 is 14.7 Å². The minimum absolute atomic E-state index is 0.0105. The van der Waals surface area contributed by atoms with Crippen LogP contribution < -0.4 is 0 Å². The third-order valence-corrected chi connectivity index (χ3v) is 2.62. The molecular weight excluding hydrogens is 182 g/mol. The highest BCUT2D eigenvalue weighted by molar-refractivity contribution is 6.12. The summed E-state index contributed by atoms with van der Waals surface area (Å²) in [7, 11) is 0. The lowest BCUT2D eigenvalue weighted by Gasteiger charge is -2.31. The lowest BCUT2D eigenvalue weighted by molar-refractivity contribution is -0.141. The van der Waals surface area contributed by atoms with Crippen molar-refractivity contribution in [3.63, 3.8) is 0 Å². The van der Waals surface area contributed by atoms with Gasteiger partial charge in [-0.2, -0.15) is 0 Å². The molecule has 0 aromatic heterocycles. The second-order valence-corrected chi connectivity index (χ2v) is 4.11.